The van der Waals surface area contributed by atoms with E-state index in [1.165, 1.54) is 4.31 Å². The van der Waals surface area contributed by atoms with Crippen molar-refractivity contribution in [3.8, 4) is 0 Å². The van der Waals surface area contributed by atoms with E-state index in [0.717, 1.165) is 18.4 Å². The number of carbonyl (C=O) groups is 2. The fraction of sp³-hybridized carbons (Fsp3) is 0.565. The van der Waals surface area contributed by atoms with Crippen molar-refractivity contribution in [2.45, 2.75) is 37.5 Å². The maximum absolute atomic E-state index is 13.2. The van der Waals surface area contributed by atoms with Gasteiger partial charge in [0.2, 0.25) is 15.9 Å². The molecule has 3 aliphatic carbocycles. The zero-order valence-electron chi connectivity index (χ0n) is 18.0. The van der Waals surface area contributed by atoms with Crippen molar-refractivity contribution in [2.24, 2.45) is 23.7 Å². The zero-order valence-corrected chi connectivity index (χ0v) is 18.8. The average molecular weight is 447 g/mol. The highest BCUT2D eigenvalue weighted by Gasteiger charge is 2.49. The number of hydrogen-bond donors (Lipinski definition) is 1. The molecule has 1 aromatic rings. The Kier molecular flexibility index (Phi) is 5.96. The fourth-order valence-corrected chi connectivity index (χ4v) is 6.62. The third-order valence-electron chi connectivity index (χ3n) is 7.05. The first kappa shape index (κ1) is 22.0. The van der Waals surface area contributed by atoms with Gasteiger partial charge in [-0.1, -0.05) is 38.1 Å². The molecule has 1 heterocycles. The molecule has 0 radical (unpaired) electrons. The van der Waals surface area contributed by atoms with E-state index in [0.29, 0.717) is 5.92 Å². The van der Waals surface area contributed by atoms with Crippen molar-refractivity contribution in [3.63, 3.8) is 0 Å². The van der Waals surface area contributed by atoms with Crippen LogP contribution in [0.3, 0.4) is 0 Å². The van der Waals surface area contributed by atoms with Crippen LogP contribution >= 0.6 is 0 Å². The monoisotopic (exact) mass is 446 g/mol. The van der Waals surface area contributed by atoms with Crippen LogP contribution in [0.2, 0.25) is 0 Å². The number of rotatable bonds is 5. The molecular weight excluding hydrogens is 416 g/mol. The third kappa shape index (κ3) is 4.03. The SMILES string of the molecule is CC(C)c1ccc(S(=O)(=O)N2CCN(C(=O)[C@@H]3[C@@H](C(=O)O)[C@H]4C=C[C@H]3CC4)CC2)cc1. The van der Waals surface area contributed by atoms with Gasteiger partial charge in [0.15, 0.2) is 0 Å². The van der Waals surface area contributed by atoms with E-state index < -0.39 is 27.8 Å². The number of fused-ring (bicyclic) bond motifs is 2. The number of piperazine rings is 1. The van der Waals surface area contributed by atoms with Gasteiger partial charge in [0.05, 0.1) is 16.7 Å². The number of carbonyl (C=O) groups excluding carboxylic acids is 1. The van der Waals surface area contributed by atoms with E-state index in [1.807, 2.05) is 24.3 Å². The van der Waals surface area contributed by atoms with Crippen LogP contribution in [0.15, 0.2) is 41.3 Å². The number of aliphatic carboxylic acids is 1. The van der Waals surface area contributed by atoms with Crippen molar-refractivity contribution in [3.05, 3.63) is 42.0 Å². The quantitative estimate of drug-likeness (QED) is 0.702. The van der Waals surface area contributed by atoms with Crippen LogP contribution in [0.4, 0.5) is 0 Å². The summed E-state index contributed by atoms with van der Waals surface area (Å²) >= 11 is 0. The van der Waals surface area contributed by atoms with Gasteiger partial charge in [-0.2, -0.15) is 4.31 Å². The van der Waals surface area contributed by atoms with Gasteiger partial charge in [0.25, 0.3) is 0 Å². The van der Waals surface area contributed by atoms with Gasteiger partial charge in [-0.25, -0.2) is 8.42 Å². The molecule has 5 rings (SSSR count). The lowest BCUT2D eigenvalue weighted by Crippen LogP contribution is -2.55. The van der Waals surface area contributed by atoms with Crippen molar-refractivity contribution >= 4 is 21.9 Å². The van der Waals surface area contributed by atoms with Crippen molar-refractivity contribution in [1.29, 1.82) is 0 Å². The van der Waals surface area contributed by atoms with Gasteiger partial charge in [-0.05, 0) is 48.3 Å². The molecule has 0 aromatic heterocycles. The number of carboxylic acid groups (broad SMARTS) is 1. The van der Waals surface area contributed by atoms with E-state index >= 15 is 0 Å². The summed E-state index contributed by atoms with van der Waals surface area (Å²) in [7, 11) is -3.62. The van der Waals surface area contributed by atoms with Crippen LogP contribution < -0.4 is 0 Å². The summed E-state index contributed by atoms with van der Waals surface area (Å²) in [5.74, 6) is -2.10. The smallest absolute Gasteiger partial charge is 0.307 e. The second-order valence-corrected chi connectivity index (χ2v) is 11.1. The molecule has 1 saturated carbocycles. The Bertz CT molecular complexity index is 978. The van der Waals surface area contributed by atoms with Crippen molar-refractivity contribution in [2.75, 3.05) is 26.2 Å². The molecule has 1 aliphatic heterocycles. The molecule has 2 fully saturated rings. The van der Waals surface area contributed by atoms with Crippen LogP contribution in [-0.2, 0) is 19.6 Å². The number of amides is 1. The average Bonchev–Trinajstić information content (AvgIpc) is 2.78. The van der Waals surface area contributed by atoms with Crippen LogP contribution in [0.5, 0.6) is 0 Å². The number of carboxylic acids is 1. The van der Waals surface area contributed by atoms with Crippen LogP contribution in [0.25, 0.3) is 0 Å². The second-order valence-electron chi connectivity index (χ2n) is 9.13. The lowest BCUT2D eigenvalue weighted by atomic mass is 9.62. The molecule has 31 heavy (non-hydrogen) atoms. The van der Waals surface area contributed by atoms with E-state index in [1.54, 1.807) is 17.0 Å². The Hall–Kier alpha value is -2.19. The fourth-order valence-electron chi connectivity index (χ4n) is 5.20. The Morgan fingerprint density at radius 3 is 1.97 bits per heavy atom. The molecule has 1 amide bonds. The predicted molar refractivity (Wildman–Crippen MR) is 116 cm³/mol. The van der Waals surface area contributed by atoms with Gasteiger partial charge in [0, 0.05) is 26.2 Å². The molecule has 2 bridgehead atoms. The number of benzene rings is 1. The maximum atomic E-state index is 13.2. The van der Waals surface area contributed by atoms with Crippen LogP contribution in [-0.4, -0.2) is 60.8 Å². The number of sulfonamides is 1. The Morgan fingerprint density at radius 1 is 0.935 bits per heavy atom. The minimum absolute atomic E-state index is 0.0418. The molecular formula is C23H30N2O5S. The zero-order chi connectivity index (χ0) is 22.3. The van der Waals surface area contributed by atoms with Gasteiger partial charge < -0.3 is 10.0 Å². The molecule has 8 heteroatoms. The molecule has 1 saturated heterocycles. The van der Waals surface area contributed by atoms with Crippen LogP contribution in [0, 0.1) is 23.7 Å². The molecule has 168 valence electrons. The highest BCUT2D eigenvalue weighted by Crippen LogP contribution is 2.45. The summed E-state index contributed by atoms with van der Waals surface area (Å²) in [6.45, 7) is 5.12. The minimum atomic E-state index is -3.62. The highest BCUT2D eigenvalue weighted by atomic mass is 32.2. The van der Waals surface area contributed by atoms with Crippen molar-refractivity contribution < 1.29 is 23.1 Å². The summed E-state index contributed by atoms with van der Waals surface area (Å²) in [5.41, 5.74) is 1.08. The highest BCUT2D eigenvalue weighted by molar-refractivity contribution is 7.89. The first-order chi connectivity index (χ1) is 14.7. The summed E-state index contributed by atoms with van der Waals surface area (Å²) in [4.78, 5) is 27.0. The first-order valence-corrected chi connectivity index (χ1v) is 12.4. The third-order valence-corrected chi connectivity index (χ3v) is 8.97. The van der Waals surface area contributed by atoms with E-state index in [9.17, 15) is 23.1 Å². The molecule has 0 unspecified atom stereocenters. The molecule has 7 nitrogen and oxygen atoms in total. The largest absolute Gasteiger partial charge is 0.481 e. The molecule has 4 atom stereocenters. The number of allylic oxidation sites excluding steroid dienone is 2. The Balaban J connectivity index is 1.44. The summed E-state index contributed by atoms with van der Waals surface area (Å²) in [6.07, 6.45) is 5.59. The topological polar surface area (TPSA) is 95.0 Å². The summed E-state index contributed by atoms with van der Waals surface area (Å²) in [6, 6.07) is 6.97. The Labute approximate surface area is 183 Å². The van der Waals surface area contributed by atoms with Gasteiger partial charge >= 0.3 is 5.97 Å². The van der Waals surface area contributed by atoms with Crippen molar-refractivity contribution in [1.82, 2.24) is 9.21 Å². The minimum Gasteiger partial charge on any atom is -0.481 e. The molecule has 0 spiro atoms. The number of hydrogen-bond acceptors (Lipinski definition) is 4. The molecule has 4 aliphatic rings. The Morgan fingerprint density at radius 2 is 1.48 bits per heavy atom. The van der Waals surface area contributed by atoms with Gasteiger partial charge in [0.1, 0.15) is 0 Å². The van der Waals surface area contributed by atoms with E-state index in [2.05, 4.69) is 13.8 Å². The lowest BCUT2D eigenvalue weighted by molar-refractivity contribution is -0.157. The number of nitrogens with zero attached hydrogens (tertiary/aromatic N) is 2. The maximum Gasteiger partial charge on any atom is 0.307 e. The second kappa shape index (κ2) is 8.39. The predicted octanol–water partition coefficient (Wildman–Crippen LogP) is 2.56. The standard InChI is InChI=1S/C23H30N2O5S/c1-15(2)16-7-9-19(10-8-16)31(29,30)25-13-11-24(12-14-25)22(26)20-17-3-5-18(6-4-17)21(20)23(27)28/h3,5,7-10,15,17-18,20-21H,4,6,11-14H2,1-2H3,(H,27,28)/t17-,18-,20-,21-/m0/s1. The molecule has 1 N–H and O–H groups in total. The first-order valence-electron chi connectivity index (χ1n) is 11.0. The van der Waals surface area contributed by atoms with E-state index in [4.69, 9.17) is 0 Å². The summed E-state index contributed by atoms with van der Waals surface area (Å²) < 4.78 is 27.5. The lowest BCUT2D eigenvalue weighted by Gasteiger charge is -2.45. The summed E-state index contributed by atoms with van der Waals surface area (Å²) in [5, 5.41) is 9.71. The molecule has 1 aromatic carbocycles. The van der Waals surface area contributed by atoms with Gasteiger partial charge in [-0.3, -0.25) is 9.59 Å². The van der Waals surface area contributed by atoms with Crippen LogP contribution in [0.1, 0.15) is 38.2 Å². The normalized spacial score (nSPS) is 28.8. The van der Waals surface area contributed by atoms with Gasteiger partial charge in [-0.15, -0.1) is 0 Å². The van der Waals surface area contributed by atoms with E-state index in [-0.39, 0.29) is 48.8 Å².